The predicted octanol–water partition coefficient (Wildman–Crippen LogP) is 3.12. The van der Waals surface area contributed by atoms with Crippen molar-refractivity contribution in [2.24, 2.45) is 0 Å². The number of para-hydroxylation sites is 1. The molecule has 1 N–H and O–H groups in total. The second kappa shape index (κ2) is 6.87. The molecule has 0 saturated carbocycles. The quantitative estimate of drug-likeness (QED) is 0.898. The molecular weight excluding hydrogens is 334 g/mol. The van der Waals surface area contributed by atoms with Crippen LogP contribution in [-0.2, 0) is 11.3 Å². The molecule has 1 aromatic carbocycles. The van der Waals surface area contributed by atoms with Crippen molar-refractivity contribution in [1.82, 2.24) is 10.1 Å². The van der Waals surface area contributed by atoms with Gasteiger partial charge in [-0.15, -0.1) is 0 Å². The van der Waals surface area contributed by atoms with Gasteiger partial charge in [0.05, 0.1) is 17.9 Å². The van der Waals surface area contributed by atoms with E-state index in [9.17, 15) is 4.79 Å². The van der Waals surface area contributed by atoms with Crippen molar-refractivity contribution in [2.45, 2.75) is 20.4 Å². The topological polar surface area (TPSA) is 58.4 Å². The first-order valence-corrected chi connectivity index (χ1v) is 7.41. The summed E-state index contributed by atoms with van der Waals surface area (Å²) in [6, 6.07) is 7.54. The lowest BCUT2D eigenvalue weighted by Gasteiger charge is -2.16. The van der Waals surface area contributed by atoms with E-state index < -0.39 is 0 Å². The highest BCUT2D eigenvalue weighted by atomic mass is 79.9. The molecule has 2 aromatic rings. The summed E-state index contributed by atoms with van der Waals surface area (Å²) in [7, 11) is 1.89. The Balaban J connectivity index is 1.92. The lowest BCUT2D eigenvalue weighted by Crippen LogP contribution is -2.30. The van der Waals surface area contributed by atoms with Crippen LogP contribution in [0.4, 0.5) is 5.69 Å². The van der Waals surface area contributed by atoms with E-state index in [1.54, 1.807) is 0 Å². The smallest absolute Gasteiger partial charge is 0.238 e. The van der Waals surface area contributed by atoms with Gasteiger partial charge in [0.15, 0.2) is 0 Å². The molecule has 0 spiro atoms. The predicted molar refractivity (Wildman–Crippen MR) is 85.1 cm³/mol. The first kappa shape index (κ1) is 15.7. The number of hydrogen-bond acceptors (Lipinski definition) is 4. The molecule has 1 aromatic heterocycles. The summed E-state index contributed by atoms with van der Waals surface area (Å²) in [6.45, 7) is 4.71. The maximum absolute atomic E-state index is 12.1. The number of rotatable bonds is 5. The molecular formula is C15H18BrN3O2. The molecule has 0 unspecified atom stereocenters. The Kier molecular flexibility index (Phi) is 5.14. The summed E-state index contributed by atoms with van der Waals surface area (Å²) < 4.78 is 6.00. The molecule has 0 saturated heterocycles. The standard InChI is InChI=1S/C15H18BrN3O2/c1-10-12(11(2)21-18-10)8-19(3)9-15(20)17-14-7-5-4-6-13(14)16/h4-7H,8-9H2,1-3H3,(H,17,20). The number of benzene rings is 1. The van der Waals surface area contributed by atoms with E-state index in [4.69, 9.17) is 4.52 Å². The average molecular weight is 352 g/mol. The van der Waals surface area contributed by atoms with Crippen molar-refractivity contribution in [3.05, 3.63) is 45.8 Å². The van der Waals surface area contributed by atoms with Crippen LogP contribution in [0.25, 0.3) is 0 Å². The number of amides is 1. The summed E-state index contributed by atoms with van der Waals surface area (Å²) in [6.07, 6.45) is 0. The fourth-order valence-electron chi connectivity index (χ4n) is 2.05. The van der Waals surface area contributed by atoms with Crippen LogP contribution in [0.15, 0.2) is 33.3 Å². The van der Waals surface area contributed by atoms with Gasteiger partial charge in [0.2, 0.25) is 5.91 Å². The van der Waals surface area contributed by atoms with Gasteiger partial charge in [0.25, 0.3) is 0 Å². The van der Waals surface area contributed by atoms with Crippen molar-refractivity contribution in [3.8, 4) is 0 Å². The van der Waals surface area contributed by atoms with Gasteiger partial charge in [-0.1, -0.05) is 17.3 Å². The number of hydrogen-bond donors (Lipinski definition) is 1. The van der Waals surface area contributed by atoms with Gasteiger partial charge in [0, 0.05) is 16.6 Å². The van der Waals surface area contributed by atoms with E-state index in [-0.39, 0.29) is 5.91 Å². The minimum Gasteiger partial charge on any atom is -0.361 e. The molecule has 1 amide bonds. The number of carbonyl (C=O) groups is 1. The molecule has 0 bridgehead atoms. The minimum absolute atomic E-state index is 0.0591. The van der Waals surface area contributed by atoms with Crippen molar-refractivity contribution in [1.29, 1.82) is 0 Å². The Morgan fingerprint density at radius 3 is 2.71 bits per heavy atom. The van der Waals surface area contributed by atoms with Gasteiger partial charge >= 0.3 is 0 Å². The van der Waals surface area contributed by atoms with Gasteiger partial charge in [-0.3, -0.25) is 9.69 Å². The third-order valence-corrected chi connectivity index (χ3v) is 3.86. The monoisotopic (exact) mass is 351 g/mol. The second-order valence-corrected chi connectivity index (χ2v) is 5.86. The molecule has 0 aliphatic carbocycles. The first-order valence-electron chi connectivity index (χ1n) is 6.62. The van der Waals surface area contributed by atoms with E-state index in [2.05, 4.69) is 26.4 Å². The van der Waals surface area contributed by atoms with E-state index >= 15 is 0 Å². The zero-order valence-electron chi connectivity index (χ0n) is 12.3. The SMILES string of the molecule is Cc1noc(C)c1CN(C)CC(=O)Nc1ccccc1Br. The van der Waals surface area contributed by atoms with Crippen LogP contribution in [0.5, 0.6) is 0 Å². The summed E-state index contributed by atoms with van der Waals surface area (Å²) in [5.41, 5.74) is 2.67. The number of likely N-dealkylation sites (N-methyl/N-ethyl adjacent to an activating group) is 1. The number of aromatic nitrogens is 1. The molecule has 112 valence electrons. The molecule has 0 aliphatic rings. The lowest BCUT2D eigenvalue weighted by molar-refractivity contribution is -0.117. The van der Waals surface area contributed by atoms with Crippen molar-refractivity contribution >= 4 is 27.5 Å². The van der Waals surface area contributed by atoms with Gasteiger partial charge in [0.1, 0.15) is 5.76 Å². The Morgan fingerprint density at radius 1 is 1.38 bits per heavy atom. The normalized spacial score (nSPS) is 10.9. The van der Waals surface area contributed by atoms with Crippen LogP contribution in [0, 0.1) is 13.8 Å². The number of carbonyl (C=O) groups excluding carboxylic acids is 1. The highest BCUT2D eigenvalue weighted by Gasteiger charge is 2.14. The largest absolute Gasteiger partial charge is 0.361 e. The highest BCUT2D eigenvalue weighted by molar-refractivity contribution is 9.10. The van der Waals surface area contributed by atoms with Crippen LogP contribution in [0.3, 0.4) is 0 Å². The second-order valence-electron chi connectivity index (χ2n) is 5.00. The molecule has 21 heavy (non-hydrogen) atoms. The van der Waals surface area contributed by atoms with E-state index in [0.717, 1.165) is 27.2 Å². The zero-order chi connectivity index (χ0) is 15.4. The minimum atomic E-state index is -0.0591. The van der Waals surface area contributed by atoms with Crippen LogP contribution in [0.2, 0.25) is 0 Å². The number of nitrogens with zero attached hydrogens (tertiary/aromatic N) is 2. The molecule has 0 radical (unpaired) electrons. The number of nitrogens with one attached hydrogen (secondary N) is 1. The van der Waals surface area contributed by atoms with Crippen LogP contribution in [0.1, 0.15) is 17.0 Å². The third-order valence-electron chi connectivity index (χ3n) is 3.17. The van der Waals surface area contributed by atoms with E-state index in [0.29, 0.717) is 13.1 Å². The van der Waals surface area contributed by atoms with Crippen molar-refractivity contribution < 1.29 is 9.32 Å². The van der Waals surface area contributed by atoms with Crippen LogP contribution < -0.4 is 5.32 Å². The maximum Gasteiger partial charge on any atom is 0.238 e. The Bertz CT molecular complexity index is 620. The number of aryl methyl sites for hydroxylation is 2. The van der Waals surface area contributed by atoms with Gasteiger partial charge in [-0.2, -0.15) is 0 Å². The highest BCUT2D eigenvalue weighted by Crippen LogP contribution is 2.21. The zero-order valence-corrected chi connectivity index (χ0v) is 13.9. The molecule has 0 fully saturated rings. The number of halogens is 1. The van der Waals surface area contributed by atoms with E-state index in [1.165, 1.54) is 0 Å². The third kappa shape index (κ3) is 4.15. The average Bonchev–Trinajstić information content (AvgIpc) is 2.73. The Morgan fingerprint density at radius 2 is 2.10 bits per heavy atom. The molecule has 0 aliphatic heterocycles. The lowest BCUT2D eigenvalue weighted by atomic mass is 10.2. The van der Waals surface area contributed by atoms with Crippen molar-refractivity contribution in [2.75, 3.05) is 18.9 Å². The number of anilines is 1. The summed E-state index contributed by atoms with van der Waals surface area (Å²) in [4.78, 5) is 14.0. The van der Waals surface area contributed by atoms with Gasteiger partial charge in [-0.25, -0.2) is 0 Å². The molecule has 0 atom stereocenters. The molecule has 1 heterocycles. The Hall–Kier alpha value is -1.66. The van der Waals surface area contributed by atoms with Crippen molar-refractivity contribution in [3.63, 3.8) is 0 Å². The summed E-state index contributed by atoms with van der Waals surface area (Å²) >= 11 is 3.41. The van der Waals surface area contributed by atoms with Gasteiger partial charge < -0.3 is 9.84 Å². The summed E-state index contributed by atoms with van der Waals surface area (Å²) in [5, 5.41) is 6.80. The first-order chi connectivity index (χ1) is 9.97. The molecule has 5 nitrogen and oxygen atoms in total. The van der Waals surface area contributed by atoms with Crippen LogP contribution in [-0.4, -0.2) is 29.6 Å². The van der Waals surface area contributed by atoms with E-state index in [1.807, 2.05) is 50.1 Å². The van der Waals surface area contributed by atoms with Crippen LogP contribution >= 0.6 is 15.9 Å². The maximum atomic E-state index is 12.1. The van der Waals surface area contributed by atoms with Gasteiger partial charge in [-0.05, 0) is 49.0 Å². The molecule has 6 heteroatoms. The summed E-state index contributed by atoms with van der Waals surface area (Å²) in [5.74, 6) is 0.738. The Labute approximate surface area is 132 Å². The fraction of sp³-hybridized carbons (Fsp3) is 0.333. The molecule has 2 rings (SSSR count). The fourth-order valence-corrected chi connectivity index (χ4v) is 2.43.